The Hall–Kier alpha value is -3.94. The molecule has 0 unspecified atom stereocenters. The smallest absolute Gasteiger partial charge is 0.291 e. The van der Waals surface area contributed by atoms with Crippen LogP contribution in [0.4, 0.5) is 5.69 Å². The lowest BCUT2D eigenvalue weighted by atomic mass is 9.93. The SMILES string of the molecule is COc1ccc(C(=O)N/N=C2\CCCc3oc(C(=O)Nc4ccncc4)c(C)c32)cc1. The molecular formula is C23H22N4O4. The molecule has 2 N–H and O–H groups in total. The molecule has 1 aromatic carbocycles. The number of fused-ring (bicyclic) bond motifs is 1. The molecule has 8 nitrogen and oxygen atoms in total. The lowest BCUT2D eigenvalue weighted by molar-refractivity contribution is 0.0953. The summed E-state index contributed by atoms with van der Waals surface area (Å²) in [4.78, 5) is 29.1. The first-order chi connectivity index (χ1) is 15.1. The Kier molecular flexibility index (Phi) is 5.79. The summed E-state index contributed by atoms with van der Waals surface area (Å²) in [6.45, 7) is 1.83. The molecule has 2 aromatic heterocycles. The number of aryl methyl sites for hydroxylation is 1. The van der Waals surface area contributed by atoms with Gasteiger partial charge in [0, 0.05) is 41.2 Å². The normalized spacial score (nSPS) is 14.1. The molecule has 0 fully saturated rings. The number of amides is 2. The predicted molar refractivity (Wildman–Crippen MR) is 116 cm³/mol. The molecular weight excluding hydrogens is 396 g/mol. The second-order valence-corrected chi connectivity index (χ2v) is 7.13. The number of hydrogen-bond donors (Lipinski definition) is 2. The van der Waals surface area contributed by atoms with Crippen LogP contribution in [0.25, 0.3) is 0 Å². The second-order valence-electron chi connectivity index (χ2n) is 7.13. The Morgan fingerprint density at radius 3 is 2.52 bits per heavy atom. The van der Waals surface area contributed by atoms with E-state index in [1.54, 1.807) is 55.9 Å². The third-order valence-corrected chi connectivity index (χ3v) is 5.11. The summed E-state index contributed by atoms with van der Waals surface area (Å²) in [5.74, 6) is 0.976. The van der Waals surface area contributed by atoms with Crippen molar-refractivity contribution in [3.63, 3.8) is 0 Å². The zero-order valence-electron chi connectivity index (χ0n) is 17.3. The van der Waals surface area contributed by atoms with Crippen LogP contribution in [0, 0.1) is 6.92 Å². The number of furan rings is 1. The minimum Gasteiger partial charge on any atom is -0.497 e. The lowest BCUT2D eigenvalue weighted by Crippen LogP contribution is -2.22. The first-order valence-electron chi connectivity index (χ1n) is 9.91. The molecule has 0 atom stereocenters. The zero-order chi connectivity index (χ0) is 21.8. The van der Waals surface area contributed by atoms with Gasteiger partial charge in [0.05, 0.1) is 12.8 Å². The standard InChI is InChI=1S/C23H22N4O4/c1-14-20-18(26-27-22(28)15-6-8-17(30-2)9-7-15)4-3-5-19(20)31-21(14)23(29)25-16-10-12-24-13-11-16/h6-13H,3-5H2,1-2H3,(H,27,28)(H,24,25,29)/b26-18+. The van der Waals surface area contributed by atoms with E-state index in [1.807, 2.05) is 6.92 Å². The van der Waals surface area contributed by atoms with Gasteiger partial charge in [0.15, 0.2) is 5.76 Å². The number of pyridine rings is 1. The maximum atomic E-state index is 12.7. The molecule has 1 aliphatic rings. The number of methoxy groups -OCH3 is 1. The fourth-order valence-corrected chi connectivity index (χ4v) is 3.54. The monoisotopic (exact) mass is 418 g/mol. The van der Waals surface area contributed by atoms with Crippen LogP contribution in [-0.4, -0.2) is 29.6 Å². The maximum Gasteiger partial charge on any atom is 0.291 e. The summed E-state index contributed by atoms with van der Waals surface area (Å²) < 4.78 is 11.0. The average Bonchev–Trinajstić information content (AvgIpc) is 3.15. The number of hydrazone groups is 1. The van der Waals surface area contributed by atoms with E-state index in [9.17, 15) is 9.59 Å². The second kappa shape index (κ2) is 8.83. The first-order valence-corrected chi connectivity index (χ1v) is 9.91. The number of nitrogens with one attached hydrogen (secondary N) is 2. The van der Waals surface area contributed by atoms with Crippen molar-refractivity contribution >= 4 is 23.2 Å². The topological polar surface area (TPSA) is 106 Å². The minimum atomic E-state index is -0.334. The van der Waals surface area contributed by atoms with Gasteiger partial charge < -0.3 is 14.5 Å². The lowest BCUT2D eigenvalue weighted by Gasteiger charge is -2.13. The molecule has 0 radical (unpaired) electrons. The molecule has 0 aliphatic heterocycles. The number of anilines is 1. The van der Waals surface area contributed by atoms with Crippen LogP contribution in [0.15, 0.2) is 58.3 Å². The largest absolute Gasteiger partial charge is 0.497 e. The number of rotatable bonds is 5. The van der Waals surface area contributed by atoms with E-state index >= 15 is 0 Å². The molecule has 158 valence electrons. The molecule has 0 bridgehead atoms. The highest BCUT2D eigenvalue weighted by molar-refractivity contribution is 6.09. The van der Waals surface area contributed by atoms with Crippen LogP contribution in [0.5, 0.6) is 5.75 Å². The van der Waals surface area contributed by atoms with Crippen molar-refractivity contribution in [3.05, 3.63) is 77.0 Å². The van der Waals surface area contributed by atoms with E-state index in [2.05, 4.69) is 20.8 Å². The van der Waals surface area contributed by atoms with E-state index < -0.39 is 0 Å². The van der Waals surface area contributed by atoms with E-state index in [1.165, 1.54) is 0 Å². The number of benzene rings is 1. The fraction of sp³-hybridized carbons (Fsp3) is 0.217. The van der Waals surface area contributed by atoms with Crippen molar-refractivity contribution in [1.29, 1.82) is 0 Å². The van der Waals surface area contributed by atoms with Gasteiger partial charge in [-0.05, 0) is 56.2 Å². The Balaban J connectivity index is 1.54. The molecule has 0 saturated heterocycles. The van der Waals surface area contributed by atoms with E-state index in [0.29, 0.717) is 46.9 Å². The highest BCUT2D eigenvalue weighted by atomic mass is 16.5. The predicted octanol–water partition coefficient (Wildman–Crippen LogP) is 3.71. The van der Waals surface area contributed by atoms with Crippen LogP contribution in [0.3, 0.4) is 0 Å². The summed E-state index contributed by atoms with van der Waals surface area (Å²) in [6, 6.07) is 10.2. The average molecular weight is 418 g/mol. The number of carbonyl (C=O) groups is 2. The molecule has 3 aromatic rings. The molecule has 4 rings (SSSR count). The van der Waals surface area contributed by atoms with E-state index in [0.717, 1.165) is 12.0 Å². The molecule has 8 heteroatoms. The number of nitrogens with zero attached hydrogens (tertiary/aromatic N) is 2. The highest BCUT2D eigenvalue weighted by Gasteiger charge is 2.28. The maximum absolute atomic E-state index is 12.7. The Morgan fingerprint density at radius 1 is 1.06 bits per heavy atom. The van der Waals surface area contributed by atoms with Crippen LogP contribution >= 0.6 is 0 Å². The van der Waals surface area contributed by atoms with Crippen LogP contribution in [-0.2, 0) is 6.42 Å². The summed E-state index contributed by atoms with van der Waals surface area (Å²) >= 11 is 0. The van der Waals surface area contributed by atoms with Crippen molar-refractivity contribution < 1.29 is 18.7 Å². The minimum absolute atomic E-state index is 0.248. The molecule has 2 heterocycles. The quantitative estimate of drug-likeness (QED) is 0.615. The van der Waals surface area contributed by atoms with Crippen molar-refractivity contribution in [2.75, 3.05) is 12.4 Å². The molecule has 0 spiro atoms. The molecule has 1 aliphatic carbocycles. The van der Waals surface area contributed by atoms with Gasteiger partial charge in [0.1, 0.15) is 11.5 Å². The van der Waals surface area contributed by atoms with Crippen LogP contribution in [0.1, 0.15) is 50.6 Å². The van der Waals surface area contributed by atoms with Gasteiger partial charge in [-0.15, -0.1) is 0 Å². The molecule has 31 heavy (non-hydrogen) atoms. The number of hydrogen-bond acceptors (Lipinski definition) is 6. The number of ether oxygens (including phenoxy) is 1. The summed E-state index contributed by atoms with van der Waals surface area (Å²) in [5.41, 5.74) is 5.92. The van der Waals surface area contributed by atoms with E-state index in [4.69, 9.17) is 9.15 Å². The highest BCUT2D eigenvalue weighted by Crippen LogP contribution is 2.30. The van der Waals surface area contributed by atoms with Gasteiger partial charge in [-0.3, -0.25) is 14.6 Å². The van der Waals surface area contributed by atoms with Gasteiger partial charge >= 0.3 is 0 Å². The van der Waals surface area contributed by atoms with Gasteiger partial charge in [-0.2, -0.15) is 5.10 Å². The molecule has 0 saturated carbocycles. The van der Waals surface area contributed by atoms with Crippen molar-refractivity contribution in [3.8, 4) is 5.75 Å². The van der Waals surface area contributed by atoms with Crippen molar-refractivity contribution in [2.45, 2.75) is 26.2 Å². The zero-order valence-corrected chi connectivity index (χ0v) is 17.3. The third kappa shape index (κ3) is 4.32. The van der Waals surface area contributed by atoms with Gasteiger partial charge in [-0.25, -0.2) is 5.43 Å². The van der Waals surface area contributed by atoms with Crippen LogP contribution < -0.4 is 15.5 Å². The number of aromatic nitrogens is 1. The first kappa shape index (κ1) is 20.3. The Morgan fingerprint density at radius 2 is 1.81 bits per heavy atom. The Labute approximate surface area is 179 Å². The summed E-state index contributed by atoms with van der Waals surface area (Å²) in [6.07, 6.45) is 5.42. The van der Waals surface area contributed by atoms with Crippen molar-refractivity contribution in [2.24, 2.45) is 5.10 Å². The Bertz CT molecular complexity index is 1130. The third-order valence-electron chi connectivity index (χ3n) is 5.11. The fourth-order valence-electron chi connectivity index (χ4n) is 3.54. The summed E-state index contributed by atoms with van der Waals surface area (Å²) in [7, 11) is 1.57. The van der Waals surface area contributed by atoms with Crippen LogP contribution in [0.2, 0.25) is 0 Å². The van der Waals surface area contributed by atoms with Gasteiger partial charge in [0.2, 0.25) is 0 Å². The van der Waals surface area contributed by atoms with Gasteiger partial charge in [-0.1, -0.05) is 0 Å². The van der Waals surface area contributed by atoms with E-state index in [-0.39, 0.29) is 17.6 Å². The van der Waals surface area contributed by atoms with Crippen molar-refractivity contribution in [1.82, 2.24) is 10.4 Å². The molecule has 2 amide bonds. The van der Waals surface area contributed by atoms with Gasteiger partial charge in [0.25, 0.3) is 11.8 Å². The summed E-state index contributed by atoms with van der Waals surface area (Å²) in [5, 5.41) is 7.16. The number of carbonyl (C=O) groups excluding carboxylic acids is 2.